The molecule has 1 aliphatic heterocycles. The first-order chi connectivity index (χ1) is 8.03. The smallest absolute Gasteiger partial charge is 0.303 e. The molecule has 5 heteroatoms. The zero-order chi connectivity index (χ0) is 12.5. The number of hydrogen-bond donors (Lipinski definition) is 1. The van der Waals surface area contributed by atoms with Gasteiger partial charge in [0.05, 0.1) is 17.2 Å². The molecule has 1 heterocycles. The fraction of sp³-hybridized carbons (Fsp3) is 0.417. The van der Waals surface area contributed by atoms with Crippen LogP contribution in [0.1, 0.15) is 24.8 Å². The van der Waals surface area contributed by atoms with E-state index in [2.05, 4.69) is 0 Å². The van der Waals surface area contributed by atoms with Gasteiger partial charge in [0.25, 0.3) is 0 Å². The predicted octanol–water partition coefficient (Wildman–Crippen LogP) is 2.96. The number of ether oxygens (including phenoxy) is 1. The van der Waals surface area contributed by atoms with E-state index in [-0.39, 0.29) is 11.4 Å². The molecular formula is C12H12ClFO3. The van der Waals surface area contributed by atoms with Gasteiger partial charge in [-0.3, -0.25) is 4.79 Å². The van der Waals surface area contributed by atoms with Gasteiger partial charge in [0.2, 0.25) is 0 Å². The van der Waals surface area contributed by atoms with Crippen molar-refractivity contribution in [3.63, 3.8) is 0 Å². The molecule has 0 radical (unpaired) electrons. The van der Waals surface area contributed by atoms with Gasteiger partial charge in [-0.05, 0) is 24.1 Å². The Morgan fingerprint density at radius 1 is 1.59 bits per heavy atom. The molecule has 3 nitrogen and oxygen atoms in total. The number of carboxylic acids is 1. The molecule has 0 amide bonds. The summed E-state index contributed by atoms with van der Waals surface area (Å²) in [5.74, 6) is -1.35. The van der Waals surface area contributed by atoms with Gasteiger partial charge in [-0.2, -0.15) is 0 Å². The average Bonchev–Trinajstić information content (AvgIpc) is 2.21. The maximum Gasteiger partial charge on any atom is 0.303 e. The molecule has 1 aromatic rings. The van der Waals surface area contributed by atoms with E-state index >= 15 is 0 Å². The molecule has 0 saturated carbocycles. The topological polar surface area (TPSA) is 46.5 Å². The maximum atomic E-state index is 13.1. The van der Waals surface area contributed by atoms with Crippen LogP contribution in [0.25, 0.3) is 0 Å². The molecule has 1 atom stereocenters. The number of rotatable bonds is 4. The van der Waals surface area contributed by atoms with E-state index in [9.17, 15) is 9.18 Å². The summed E-state index contributed by atoms with van der Waals surface area (Å²) < 4.78 is 18.6. The first-order valence-electron chi connectivity index (χ1n) is 5.35. The summed E-state index contributed by atoms with van der Waals surface area (Å²) in [5.41, 5.74) is 0.145. The highest BCUT2D eigenvalue weighted by atomic mass is 35.5. The van der Waals surface area contributed by atoms with Gasteiger partial charge in [-0.15, -0.1) is 0 Å². The Morgan fingerprint density at radius 2 is 2.29 bits per heavy atom. The van der Waals surface area contributed by atoms with Crippen LogP contribution in [0.4, 0.5) is 4.39 Å². The van der Waals surface area contributed by atoms with Crippen molar-refractivity contribution in [1.29, 1.82) is 0 Å². The Hall–Kier alpha value is -1.13. The summed E-state index contributed by atoms with van der Waals surface area (Å²) in [7, 11) is 0. The normalized spacial score (nSPS) is 23.2. The highest BCUT2D eigenvalue weighted by Gasteiger charge is 2.40. The lowest BCUT2D eigenvalue weighted by Gasteiger charge is -2.42. The van der Waals surface area contributed by atoms with Crippen molar-refractivity contribution in [3.8, 4) is 0 Å². The average molecular weight is 259 g/mol. The first-order valence-corrected chi connectivity index (χ1v) is 5.73. The molecule has 1 unspecified atom stereocenters. The molecule has 1 fully saturated rings. The first kappa shape index (κ1) is 12.3. The quantitative estimate of drug-likeness (QED) is 0.903. The van der Waals surface area contributed by atoms with Gasteiger partial charge in [-0.1, -0.05) is 17.7 Å². The minimum atomic E-state index is -0.868. The number of carboxylic acid groups (broad SMARTS) is 1. The van der Waals surface area contributed by atoms with Crippen LogP contribution in [0.15, 0.2) is 18.2 Å². The Balaban J connectivity index is 2.22. The molecule has 0 bridgehead atoms. The summed E-state index contributed by atoms with van der Waals surface area (Å²) in [6, 6.07) is 4.39. The van der Waals surface area contributed by atoms with Gasteiger partial charge in [0, 0.05) is 12.8 Å². The Bertz CT molecular complexity index is 443. The molecule has 17 heavy (non-hydrogen) atoms. The SMILES string of the molecule is O=C(O)CCC1(c2ccc(F)c(Cl)c2)CCO1. The van der Waals surface area contributed by atoms with Crippen molar-refractivity contribution in [2.24, 2.45) is 0 Å². The summed E-state index contributed by atoms with van der Waals surface area (Å²) in [6.45, 7) is 0.592. The fourth-order valence-electron chi connectivity index (χ4n) is 2.01. The van der Waals surface area contributed by atoms with Crippen molar-refractivity contribution in [2.45, 2.75) is 24.9 Å². The fourth-order valence-corrected chi connectivity index (χ4v) is 2.19. The van der Waals surface area contributed by atoms with Gasteiger partial charge in [0.1, 0.15) is 5.82 Å². The van der Waals surface area contributed by atoms with Gasteiger partial charge in [-0.25, -0.2) is 4.39 Å². The second-order valence-corrected chi connectivity index (χ2v) is 4.52. The van der Waals surface area contributed by atoms with Gasteiger partial charge < -0.3 is 9.84 Å². The summed E-state index contributed by atoms with van der Waals surface area (Å²) in [6.07, 6.45) is 1.14. The molecular weight excluding hydrogens is 247 g/mol. The van der Waals surface area contributed by atoms with Crippen molar-refractivity contribution >= 4 is 17.6 Å². The van der Waals surface area contributed by atoms with Crippen LogP contribution in [0, 0.1) is 5.82 Å². The third kappa shape index (κ3) is 2.42. The lowest BCUT2D eigenvalue weighted by atomic mass is 9.82. The highest BCUT2D eigenvalue weighted by Crippen LogP contribution is 2.42. The van der Waals surface area contributed by atoms with E-state index in [4.69, 9.17) is 21.4 Å². The number of halogens is 2. The molecule has 0 spiro atoms. The molecule has 1 saturated heterocycles. The minimum Gasteiger partial charge on any atom is -0.481 e. The monoisotopic (exact) mass is 258 g/mol. The number of hydrogen-bond acceptors (Lipinski definition) is 2. The second kappa shape index (κ2) is 4.63. The van der Waals surface area contributed by atoms with Crippen molar-refractivity contribution in [2.75, 3.05) is 6.61 Å². The maximum absolute atomic E-state index is 13.1. The van der Waals surface area contributed by atoms with Crippen LogP contribution in [0.3, 0.4) is 0 Å². The molecule has 2 rings (SSSR count). The Kier molecular flexibility index (Phi) is 3.35. The van der Waals surface area contributed by atoms with E-state index in [0.717, 1.165) is 12.0 Å². The number of carbonyl (C=O) groups is 1. The van der Waals surface area contributed by atoms with Crippen LogP contribution in [-0.2, 0) is 15.1 Å². The van der Waals surface area contributed by atoms with E-state index in [1.54, 1.807) is 6.07 Å². The lowest BCUT2D eigenvalue weighted by molar-refractivity contribution is -0.165. The summed E-state index contributed by atoms with van der Waals surface area (Å²) >= 11 is 5.72. The van der Waals surface area contributed by atoms with Crippen molar-refractivity contribution < 1.29 is 19.0 Å². The second-order valence-electron chi connectivity index (χ2n) is 4.12. The van der Waals surface area contributed by atoms with Crippen LogP contribution >= 0.6 is 11.6 Å². The zero-order valence-electron chi connectivity index (χ0n) is 9.08. The predicted molar refractivity (Wildman–Crippen MR) is 60.5 cm³/mol. The number of aliphatic carboxylic acids is 1. The molecule has 1 N–H and O–H groups in total. The van der Waals surface area contributed by atoms with Crippen LogP contribution in [0.2, 0.25) is 5.02 Å². The molecule has 0 aliphatic carbocycles. The van der Waals surface area contributed by atoms with Crippen LogP contribution < -0.4 is 0 Å². The van der Waals surface area contributed by atoms with Crippen LogP contribution in [-0.4, -0.2) is 17.7 Å². The minimum absolute atomic E-state index is 0.0228. The molecule has 1 aromatic carbocycles. The summed E-state index contributed by atoms with van der Waals surface area (Å²) in [4.78, 5) is 10.6. The third-order valence-electron chi connectivity index (χ3n) is 3.07. The van der Waals surface area contributed by atoms with Crippen molar-refractivity contribution in [1.82, 2.24) is 0 Å². The largest absolute Gasteiger partial charge is 0.481 e. The van der Waals surface area contributed by atoms with E-state index < -0.39 is 17.4 Å². The molecule has 92 valence electrons. The third-order valence-corrected chi connectivity index (χ3v) is 3.36. The lowest BCUT2D eigenvalue weighted by Crippen LogP contribution is -2.41. The molecule has 1 aliphatic rings. The number of benzene rings is 1. The summed E-state index contributed by atoms with van der Waals surface area (Å²) in [5, 5.41) is 8.74. The van der Waals surface area contributed by atoms with Gasteiger partial charge in [0.15, 0.2) is 0 Å². The van der Waals surface area contributed by atoms with Crippen molar-refractivity contribution in [3.05, 3.63) is 34.6 Å². The van der Waals surface area contributed by atoms with E-state index in [1.807, 2.05) is 0 Å². The van der Waals surface area contributed by atoms with E-state index in [0.29, 0.717) is 13.0 Å². The van der Waals surface area contributed by atoms with E-state index in [1.165, 1.54) is 12.1 Å². The molecule has 0 aromatic heterocycles. The van der Waals surface area contributed by atoms with Crippen LogP contribution in [0.5, 0.6) is 0 Å². The Labute approximate surface area is 103 Å². The Morgan fingerprint density at radius 3 is 2.76 bits per heavy atom. The highest BCUT2D eigenvalue weighted by molar-refractivity contribution is 6.30. The zero-order valence-corrected chi connectivity index (χ0v) is 9.84. The standard InChI is InChI=1S/C12H12ClFO3/c13-9-7-8(1-2-10(9)14)12(5-6-17-12)4-3-11(15)16/h1-2,7H,3-6H2,(H,15,16). The van der Waals surface area contributed by atoms with Gasteiger partial charge >= 0.3 is 5.97 Å².